The Hall–Kier alpha value is -0.610. The zero-order valence-electron chi connectivity index (χ0n) is 12.6. The van der Waals surface area contributed by atoms with Gasteiger partial charge in [0.1, 0.15) is 0 Å². The first-order valence-electron chi connectivity index (χ1n) is 7.79. The Morgan fingerprint density at radius 1 is 1.37 bits per heavy atom. The lowest BCUT2D eigenvalue weighted by atomic mass is 9.90. The largest absolute Gasteiger partial charge is 0.353 e. The first kappa shape index (κ1) is 14.8. The quantitative estimate of drug-likeness (QED) is 0.811. The standard InChI is InChI=1S/C15H29N3O/c1-11-5-4-7-16-14(11)10-15(19)17-13-6-8-18(3)12(2)9-13/h11-14,16H,4-10H2,1-3H3,(H,17,19). The van der Waals surface area contributed by atoms with E-state index < -0.39 is 0 Å². The van der Waals surface area contributed by atoms with Crippen LogP contribution < -0.4 is 10.6 Å². The first-order chi connectivity index (χ1) is 9.06. The molecule has 1 amide bonds. The summed E-state index contributed by atoms with van der Waals surface area (Å²) in [4.78, 5) is 14.5. The van der Waals surface area contributed by atoms with Crippen molar-refractivity contribution in [1.29, 1.82) is 0 Å². The van der Waals surface area contributed by atoms with Crippen LogP contribution in [0.25, 0.3) is 0 Å². The van der Waals surface area contributed by atoms with E-state index in [-0.39, 0.29) is 5.91 Å². The van der Waals surface area contributed by atoms with E-state index in [1.54, 1.807) is 0 Å². The SMILES string of the molecule is CC1CCCNC1CC(=O)NC1CCN(C)C(C)C1. The summed E-state index contributed by atoms with van der Waals surface area (Å²) in [6.07, 6.45) is 5.29. The summed E-state index contributed by atoms with van der Waals surface area (Å²) >= 11 is 0. The highest BCUT2D eigenvalue weighted by molar-refractivity contribution is 5.77. The molecule has 0 bridgehead atoms. The minimum Gasteiger partial charge on any atom is -0.353 e. The van der Waals surface area contributed by atoms with Crippen molar-refractivity contribution in [2.75, 3.05) is 20.1 Å². The molecule has 19 heavy (non-hydrogen) atoms. The maximum atomic E-state index is 12.1. The van der Waals surface area contributed by atoms with Crippen LogP contribution in [0.15, 0.2) is 0 Å². The van der Waals surface area contributed by atoms with Crippen LogP contribution in [0.2, 0.25) is 0 Å². The van der Waals surface area contributed by atoms with Crippen LogP contribution in [0.4, 0.5) is 0 Å². The molecule has 2 N–H and O–H groups in total. The predicted molar refractivity (Wildman–Crippen MR) is 78.1 cm³/mol. The summed E-state index contributed by atoms with van der Waals surface area (Å²) < 4.78 is 0. The van der Waals surface area contributed by atoms with Gasteiger partial charge in [0.05, 0.1) is 0 Å². The van der Waals surface area contributed by atoms with Crippen molar-refractivity contribution in [3.8, 4) is 0 Å². The van der Waals surface area contributed by atoms with Crippen LogP contribution >= 0.6 is 0 Å². The van der Waals surface area contributed by atoms with Crippen LogP contribution in [-0.4, -0.2) is 49.1 Å². The highest BCUT2D eigenvalue weighted by atomic mass is 16.1. The summed E-state index contributed by atoms with van der Waals surface area (Å²) in [6.45, 7) is 6.64. The molecule has 4 atom stereocenters. The predicted octanol–water partition coefficient (Wildman–Crippen LogP) is 1.36. The lowest BCUT2D eigenvalue weighted by molar-refractivity contribution is -0.123. The van der Waals surface area contributed by atoms with Crippen LogP contribution in [0.1, 0.15) is 46.0 Å². The van der Waals surface area contributed by atoms with Crippen molar-refractivity contribution in [3.05, 3.63) is 0 Å². The molecular formula is C15H29N3O. The molecule has 2 rings (SSSR count). The molecule has 2 heterocycles. The molecule has 2 aliphatic heterocycles. The Balaban J connectivity index is 1.75. The molecule has 110 valence electrons. The van der Waals surface area contributed by atoms with Crippen molar-refractivity contribution >= 4 is 5.91 Å². The van der Waals surface area contributed by atoms with Gasteiger partial charge in [0.15, 0.2) is 0 Å². The molecule has 0 spiro atoms. The monoisotopic (exact) mass is 267 g/mol. The molecule has 4 heteroatoms. The summed E-state index contributed by atoms with van der Waals surface area (Å²) in [5, 5.41) is 6.72. The number of piperidine rings is 2. The van der Waals surface area contributed by atoms with Gasteiger partial charge in [0, 0.05) is 31.1 Å². The van der Waals surface area contributed by atoms with E-state index >= 15 is 0 Å². The van der Waals surface area contributed by atoms with Gasteiger partial charge >= 0.3 is 0 Å². The Morgan fingerprint density at radius 3 is 2.84 bits per heavy atom. The Labute approximate surface area is 117 Å². The van der Waals surface area contributed by atoms with E-state index in [9.17, 15) is 4.79 Å². The molecule has 2 aliphatic rings. The van der Waals surface area contributed by atoms with E-state index in [0.29, 0.717) is 30.5 Å². The van der Waals surface area contributed by atoms with Gasteiger partial charge in [0.25, 0.3) is 0 Å². The Morgan fingerprint density at radius 2 is 2.16 bits per heavy atom. The first-order valence-corrected chi connectivity index (χ1v) is 7.79. The molecule has 0 aliphatic carbocycles. The van der Waals surface area contributed by atoms with Gasteiger partial charge in [-0.25, -0.2) is 0 Å². The van der Waals surface area contributed by atoms with Gasteiger partial charge in [0.2, 0.25) is 5.91 Å². The normalized spacial score (nSPS) is 37.0. The number of hydrogen-bond donors (Lipinski definition) is 2. The van der Waals surface area contributed by atoms with Crippen molar-refractivity contribution in [2.24, 2.45) is 5.92 Å². The fraction of sp³-hybridized carbons (Fsp3) is 0.933. The minimum atomic E-state index is 0.230. The van der Waals surface area contributed by atoms with Gasteiger partial charge in [-0.05, 0) is 52.1 Å². The van der Waals surface area contributed by atoms with Crippen LogP contribution in [0, 0.1) is 5.92 Å². The van der Waals surface area contributed by atoms with Gasteiger partial charge in [-0.2, -0.15) is 0 Å². The Kier molecular flexibility index (Phi) is 5.22. The second-order valence-corrected chi connectivity index (χ2v) is 6.50. The average Bonchev–Trinajstić information content (AvgIpc) is 2.37. The van der Waals surface area contributed by atoms with Gasteiger partial charge < -0.3 is 15.5 Å². The van der Waals surface area contributed by atoms with E-state index in [1.807, 2.05) is 0 Å². The lowest BCUT2D eigenvalue weighted by Crippen LogP contribution is -2.49. The third-order valence-electron chi connectivity index (χ3n) is 4.91. The highest BCUT2D eigenvalue weighted by Gasteiger charge is 2.27. The molecule has 4 unspecified atom stereocenters. The molecule has 2 saturated heterocycles. The molecular weight excluding hydrogens is 238 g/mol. The summed E-state index contributed by atoms with van der Waals surface area (Å²) in [5.41, 5.74) is 0. The lowest BCUT2D eigenvalue weighted by Gasteiger charge is -2.36. The smallest absolute Gasteiger partial charge is 0.221 e. The van der Waals surface area contributed by atoms with Crippen molar-refractivity contribution < 1.29 is 4.79 Å². The number of nitrogens with zero attached hydrogens (tertiary/aromatic N) is 1. The molecule has 4 nitrogen and oxygen atoms in total. The number of amides is 1. The van der Waals surface area contributed by atoms with Gasteiger partial charge in [-0.1, -0.05) is 6.92 Å². The van der Waals surface area contributed by atoms with Crippen molar-refractivity contribution in [2.45, 2.75) is 64.1 Å². The minimum absolute atomic E-state index is 0.230. The molecule has 0 radical (unpaired) electrons. The van der Waals surface area contributed by atoms with E-state index in [2.05, 4.69) is 36.4 Å². The maximum Gasteiger partial charge on any atom is 0.221 e. The fourth-order valence-electron chi connectivity index (χ4n) is 3.29. The van der Waals surface area contributed by atoms with Gasteiger partial charge in [-0.15, -0.1) is 0 Å². The van der Waals surface area contributed by atoms with Crippen molar-refractivity contribution in [1.82, 2.24) is 15.5 Å². The zero-order valence-corrected chi connectivity index (χ0v) is 12.6. The second-order valence-electron chi connectivity index (χ2n) is 6.50. The van der Waals surface area contributed by atoms with E-state index in [0.717, 1.165) is 25.9 Å². The number of carbonyl (C=O) groups is 1. The average molecular weight is 267 g/mol. The van der Waals surface area contributed by atoms with E-state index in [4.69, 9.17) is 0 Å². The highest BCUT2D eigenvalue weighted by Crippen LogP contribution is 2.19. The summed E-state index contributed by atoms with van der Waals surface area (Å²) in [7, 11) is 2.16. The third kappa shape index (κ3) is 4.18. The summed E-state index contributed by atoms with van der Waals surface area (Å²) in [5.74, 6) is 0.851. The number of hydrogen-bond acceptors (Lipinski definition) is 3. The van der Waals surface area contributed by atoms with Crippen LogP contribution in [0.5, 0.6) is 0 Å². The zero-order chi connectivity index (χ0) is 13.8. The molecule has 2 fully saturated rings. The number of nitrogens with one attached hydrogen (secondary N) is 2. The molecule has 0 saturated carbocycles. The number of likely N-dealkylation sites (tertiary alicyclic amines) is 1. The topological polar surface area (TPSA) is 44.4 Å². The summed E-state index contributed by atoms with van der Waals surface area (Å²) in [6, 6.07) is 1.32. The Bertz CT molecular complexity index is 308. The van der Waals surface area contributed by atoms with Crippen LogP contribution in [-0.2, 0) is 4.79 Å². The maximum absolute atomic E-state index is 12.1. The van der Waals surface area contributed by atoms with E-state index in [1.165, 1.54) is 12.8 Å². The van der Waals surface area contributed by atoms with Crippen LogP contribution in [0.3, 0.4) is 0 Å². The number of carbonyl (C=O) groups excluding carboxylic acids is 1. The van der Waals surface area contributed by atoms with Gasteiger partial charge in [-0.3, -0.25) is 4.79 Å². The molecule has 0 aromatic carbocycles. The van der Waals surface area contributed by atoms with Crippen molar-refractivity contribution in [3.63, 3.8) is 0 Å². The molecule has 0 aromatic heterocycles. The third-order valence-corrected chi connectivity index (χ3v) is 4.91. The number of rotatable bonds is 3. The fourth-order valence-corrected chi connectivity index (χ4v) is 3.29. The second kappa shape index (κ2) is 6.71. The molecule has 0 aromatic rings.